The molecule has 0 aromatic heterocycles. The molecule has 0 radical (unpaired) electrons. The predicted molar refractivity (Wildman–Crippen MR) is 110 cm³/mol. The van der Waals surface area contributed by atoms with Crippen LogP contribution in [0.25, 0.3) is 0 Å². The largest absolute Gasteiger partial charge is 0.493 e. The molecule has 6 nitrogen and oxygen atoms in total. The van der Waals surface area contributed by atoms with Crippen molar-refractivity contribution in [2.45, 2.75) is 46.6 Å². The normalized spacial score (nSPS) is 15.7. The van der Waals surface area contributed by atoms with E-state index >= 15 is 0 Å². The third kappa shape index (κ3) is 7.12. The second-order valence-corrected chi connectivity index (χ2v) is 7.42. The first-order valence-corrected chi connectivity index (χ1v) is 10.0. The molecule has 1 amide bonds. The van der Waals surface area contributed by atoms with Gasteiger partial charge in [0.05, 0.1) is 12.6 Å². The van der Waals surface area contributed by atoms with Crippen LogP contribution in [0.15, 0.2) is 29.3 Å². The zero-order valence-electron chi connectivity index (χ0n) is 17.1. The maximum atomic E-state index is 12.2. The van der Waals surface area contributed by atoms with Gasteiger partial charge in [0.1, 0.15) is 12.3 Å². The number of likely N-dealkylation sites (tertiary alicyclic amines) is 1. The summed E-state index contributed by atoms with van der Waals surface area (Å²) >= 11 is 0. The lowest BCUT2D eigenvalue weighted by Gasteiger charge is -2.19. The first-order valence-electron chi connectivity index (χ1n) is 10.0. The maximum absolute atomic E-state index is 12.2. The minimum absolute atomic E-state index is 0.0730. The van der Waals surface area contributed by atoms with Crippen LogP contribution < -0.4 is 15.4 Å². The topological polar surface area (TPSA) is 66.0 Å². The van der Waals surface area contributed by atoms with Crippen molar-refractivity contribution in [2.75, 3.05) is 32.8 Å². The summed E-state index contributed by atoms with van der Waals surface area (Å²) in [5.41, 5.74) is 1.14. The molecule has 1 aliphatic heterocycles. The highest BCUT2D eigenvalue weighted by molar-refractivity contribution is 5.85. The third-order valence-electron chi connectivity index (χ3n) is 4.49. The van der Waals surface area contributed by atoms with E-state index < -0.39 is 0 Å². The Kier molecular flexibility index (Phi) is 8.43. The maximum Gasteiger partial charge on any atom is 0.244 e. The molecule has 0 aliphatic carbocycles. The van der Waals surface area contributed by atoms with E-state index in [1.54, 1.807) is 0 Å². The Labute approximate surface area is 163 Å². The minimum Gasteiger partial charge on any atom is -0.493 e. The number of ether oxygens (including phenoxy) is 1. The average Bonchev–Trinajstić information content (AvgIpc) is 3.19. The zero-order valence-corrected chi connectivity index (χ0v) is 17.1. The van der Waals surface area contributed by atoms with Gasteiger partial charge >= 0.3 is 0 Å². The van der Waals surface area contributed by atoms with E-state index in [0.29, 0.717) is 11.9 Å². The van der Waals surface area contributed by atoms with Crippen LogP contribution in [-0.2, 0) is 4.79 Å². The lowest BCUT2D eigenvalue weighted by atomic mass is 10.1. The van der Waals surface area contributed by atoms with E-state index in [1.807, 2.05) is 24.0 Å². The van der Waals surface area contributed by atoms with E-state index in [0.717, 1.165) is 50.4 Å². The molecule has 1 unspecified atom stereocenters. The first kappa shape index (κ1) is 21.1. The second kappa shape index (κ2) is 10.8. The quantitative estimate of drug-likeness (QED) is 0.542. The van der Waals surface area contributed by atoms with Gasteiger partial charge in [-0.05, 0) is 50.3 Å². The molecular weight excluding hydrogens is 340 g/mol. The Hall–Kier alpha value is -2.24. The van der Waals surface area contributed by atoms with Gasteiger partial charge in [-0.1, -0.05) is 26.0 Å². The van der Waals surface area contributed by atoms with Crippen LogP contribution in [-0.4, -0.2) is 49.6 Å². The summed E-state index contributed by atoms with van der Waals surface area (Å²) in [7, 11) is 0. The van der Waals surface area contributed by atoms with Crippen molar-refractivity contribution < 1.29 is 9.53 Å². The summed E-state index contributed by atoms with van der Waals surface area (Å²) in [6.45, 7) is 11.7. The number of benzene rings is 1. The number of nitrogens with zero attached hydrogens (tertiary/aromatic N) is 2. The van der Waals surface area contributed by atoms with Crippen molar-refractivity contribution in [3.63, 3.8) is 0 Å². The number of nitrogens with one attached hydrogen (secondary N) is 2. The highest BCUT2D eigenvalue weighted by atomic mass is 16.5. The minimum atomic E-state index is 0.0730. The number of amides is 1. The van der Waals surface area contributed by atoms with Gasteiger partial charge in [0.2, 0.25) is 5.91 Å². The fraction of sp³-hybridized carbons (Fsp3) is 0.619. The Morgan fingerprint density at radius 3 is 2.44 bits per heavy atom. The van der Waals surface area contributed by atoms with Crippen molar-refractivity contribution >= 4 is 11.9 Å². The number of aliphatic imine (C=N–C) groups is 1. The van der Waals surface area contributed by atoms with Crippen molar-refractivity contribution in [1.29, 1.82) is 0 Å². The molecule has 1 aliphatic rings. The van der Waals surface area contributed by atoms with Crippen LogP contribution >= 0.6 is 0 Å². The molecule has 1 aromatic rings. The third-order valence-corrected chi connectivity index (χ3v) is 4.49. The first-order chi connectivity index (χ1) is 13.0. The predicted octanol–water partition coefficient (Wildman–Crippen LogP) is 2.96. The smallest absolute Gasteiger partial charge is 0.244 e. The van der Waals surface area contributed by atoms with Gasteiger partial charge in [-0.2, -0.15) is 0 Å². The van der Waals surface area contributed by atoms with Gasteiger partial charge in [-0.25, -0.2) is 4.99 Å². The lowest BCUT2D eigenvalue weighted by Crippen LogP contribution is -2.40. The summed E-state index contributed by atoms with van der Waals surface area (Å²) in [6.07, 6.45) is 2.20. The summed E-state index contributed by atoms with van der Waals surface area (Å²) in [5, 5.41) is 6.59. The van der Waals surface area contributed by atoms with Crippen LogP contribution in [0.3, 0.4) is 0 Å². The second-order valence-electron chi connectivity index (χ2n) is 7.42. The SMILES string of the molecule is CCNC(=NCC(=O)N1CCCC1)NC(C)c1ccc(OCC(C)C)cc1. The van der Waals surface area contributed by atoms with Gasteiger partial charge in [0.25, 0.3) is 0 Å². The fourth-order valence-electron chi connectivity index (χ4n) is 2.94. The number of rotatable bonds is 8. The van der Waals surface area contributed by atoms with Crippen molar-refractivity contribution in [1.82, 2.24) is 15.5 Å². The molecule has 0 bridgehead atoms. The van der Waals surface area contributed by atoms with E-state index in [9.17, 15) is 4.79 Å². The molecule has 1 atom stereocenters. The highest BCUT2D eigenvalue weighted by Crippen LogP contribution is 2.18. The molecule has 1 fully saturated rings. The van der Waals surface area contributed by atoms with E-state index in [2.05, 4.69) is 48.5 Å². The molecule has 0 spiro atoms. The van der Waals surface area contributed by atoms with Crippen LogP contribution in [0.1, 0.15) is 52.1 Å². The average molecular weight is 375 g/mol. The van der Waals surface area contributed by atoms with Crippen LogP contribution in [0, 0.1) is 5.92 Å². The number of hydrogen-bond acceptors (Lipinski definition) is 3. The number of guanidine groups is 1. The Morgan fingerprint density at radius 2 is 1.85 bits per heavy atom. The monoisotopic (exact) mass is 374 g/mol. The van der Waals surface area contributed by atoms with Crippen LogP contribution in [0.4, 0.5) is 0 Å². The molecule has 6 heteroatoms. The van der Waals surface area contributed by atoms with Gasteiger partial charge in [-0.3, -0.25) is 4.79 Å². The Balaban J connectivity index is 1.91. The highest BCUT2D eigenvalue weighted by Gasteiger charge is 2.17. The number of carbonyl (C=O) groups excluding carboxylic acids is 1. The van der Waals surface area contributed by atoms with Crippen LogP contribution in [0.2, 0.25) is 0 Å². The van der Waals surface area contributed by atoms with Crippen molar-refractivity contribution in [2.24, 2.45) is 10.9 Å². The lowest BCUT2D eigenvalue weighted by molar-refractivity contribution is -0.128. The summed E-state index contributed by atoms with van der Waals surface area (Å²) in [6, 6.07) is 8.19. The number of carbonyl (C=O) groups is 1. The molecular formula is C21H34N4O2. The Bertz CT molecular complexity index is 607. The van der Waals surface area contributed by atoms with Gasteiger partial charge in [0.15, 0.2) is 5.96 Å². The summed E-state index contributed by atoms with van der Waals surface area (Å²) < 4.78 is 5.74. The van der Waals surface area contributed by atoms with Gasteiger partial charge in [-0.15, -0.1) is 0 Å². The van der Waals surface area contributed by atoms with Crippen molar-refractivity contribution in [3.05, 3.63) is 29.8 Å². The molecule has 2 N–H and O–H groups in total. The fourth-order valence-corrected chi connectivity index (χ4v) is 2.94. The van der Waals surface area contributed by atoms with E-state index in [-0.39, 0.29) is 18.5 Å². The van der Waals surface area contributed by atoms with Gasteiger partial charge in [0, 0.05) is 19.6 Å². The molecule has 1 saturated heterocycles. The van der Waals surface area contributed by atoms with Gasteiger partial charge < -0.3 is 20.3 Å². The summed E-state index contributed by atoms with van der Waals surface area (Å²) in [5.74, 6) is 2.16. The zero-order chi connectivity index (χ0) is 19.6. The van der Waals surface area contributed by atoms with E-state index in [1.165, 1.54) is 0 Å². The number of hydrogen-bond donors (Lipinski definition) is 2. The van der Waals surface area contributed by atoms with Crippen molar-refractivity contribution in [3.8, 4) is 5.75 Å². The standard InChI is InChI=1S/C21H34N4O2/c1-5-22-21(23-14-20(26)25-12-6-7-13-25)24-17(4)18-8-10-19(11-9-18)27-15-16(2)3/h8-11,16-17H,5-7,12-15H2,1-4H3,(H2,22,23,24). The molecule has 1 aromatic carbocycles. The molecule has 150 valence electrons. The van der Waals surface area contributed by atoms with Crippen LogP contribution in [0.5, 0.6) is 5.75 Å². The summed E-state index contributed by atoms with van der Waals surface area (Å²) in [4.78, 5) is 18.6. The Morgan fingerprint density at radius 1 is 1.19 bits per heavy atom. The molecule has 27 heavy (non-hydrogen) atoms. The molecule has 2 rings (SSSR count). The molecule has 0 saturated carbocycles. The van der Waals surface area contributed by atoms with E-state index in [4.69, 9.17) is 4.74 Å². The molecule has 1 heterocycles.